The second-order valence-electron chi connectivity index (χ2n) is 5.49. The number of nitrogens with one attached hydrogen (secondary N) is 2. The smallest absolute Gasteiger partial charge is 0.321 e. The number of rotatable bonds is 4. The Morgan fingerprint density at radius 1 is 1.35 bits per heavy atom. The van der Waals surface area contributed by atoms with E-state index in [0.29, 0.717) is 6.54 Å². The Bertz CT molecular complexity index is 801. The maximum absolute atomic E-state index is 13.1. The van der Waals surface area contributed by atoms with Crippen LogP contribution >= 0.6 is 0 Å². The van der Waals surface area contributed by atoms with Crippen LogP contribution in [0.1, 0.15) is 13.8 Å². The van der Waals surface area contributed by atoms with Crippen molar-refractivity contribution >= 4 is 22.8 Å². The highest BCUT2D eigenvalue weighted by molar-refractivity contribution is 5.94. The van der Waals surface area contributed by atoms with Gasteiger partial charge in [0.25, 0.3) is 5.56 Å². The summed E-state index contributed by atoms with van der Waals surface area (Å²) in [5.41, 5.74) is -0.269. The Morgan fingerprint density at radius 2 is 2.09 bits per heavy atom. The lowest BCUT2D eigenvalue weighted by molar-refractivity contribution is -0.120. The molecule has 0 fully saturated rings. The third kappa shape index (κ3) is 4.35. The zero-order valence-electron chi connectivity index (χ0n) is 12.8. The molecule has 0 saturated heterocycles. The van der Waals surface area contributed by atoms with Crippen LogP contribution in [0.3, 0.4) is 0 Å². The Kier molecular flexibility index (Phi) is 5.05. The van der Waals surface area contributed by atoms with Crippen LogP contribution in [0.15, 0.2) is 29.3 Å². The lowest BCUT2D eigenvalue weighted by Crippen LogP contribution is -2.43. The van der Waals surface area contributed by atoms with E-state index in [-0.39, 0.29) is 23.4 Å². The van der Waals surface area contributed by atoms with Gasteiger partial charge in [-0.05, 0) is 18.1 Å². The van der Waals surface area contributed by atoms with Crippen molar-refractivity contribution in [2.75, 3.05) is 6.54 Å². The molecule has 2 N–H and O–H groups in total. The first kappa shape index (κ1) is 16.6. The molecule has 0 saturated carbocycles. The predicted molar refractivity (Wildman–Crippen MR) is 82.3 cm³/mol. The molecule has 1 heterocycles. The predicted octanol–water partition coefficient (Wildman–Crippen LogP) is 1.02. The summed E-state index contributed by atoms with van der Waals surface area (Å²) in [5, 5.41) is 4.87. The van der Waals surface area contributed by atoms with E-state index in [1.807, 2.05) is 13.8 Å². The standard InChI is InChI=1S/C15H17FN4O3/c1-9(2)6-17-15(23)19-13(21)7-20-8-18-12-5-10(16)3-4-11(12)14(20)22/h3-5,8-9H,6-7H2,1-2H3,(H2,17,19,21,23). The number of nitrogens with zero attached hydrogens (tertiary/aromatic N) is 2. The zero-order valence-corrected chi connectivity index (χ0v) is 12.8. The summed E-state index contributed by atoms with van der Waals surface area (Å²) in [4.78, 5) is 39.4. The van der Waals surface area contributed by atoms with Crippen LogP contribution in [0.2, 0.25) is 0 Å². The average Bonchev–Trinajstić information content (AvgIpc) is 2.48. The van der Waals surface area contributed by atoms with E-state index in [4.69, 9.17) is 0 Å². The molecule has 23 heavy (non-hydrogen) atoms. The maximum Gasteiger partial charge on any atom is 0.321 e. The highest BCUT2D eigenvalue weighted by atomic mass is 19.1. The van der Waals surface area contributed by atoms with Gasteiger partial charge in [0, 0.05) is 12.6 Å². The van der Waals surface area contributed by atoms with Crippen LogP contribution in [0, 0.1) is 11.7 Å². The van der Waals surface area contributed by atoms with E-state index in [1.165, 1.54) is 6.07 Å². The Morgan fingerprint density at radius 3 is 2.78 bits per heavy atom. The molecule has 1 aromatic heterocycles. The van der Waals surface area contributed by atoms with Gasteiger partial charge in [0.1, 0.15) is 12.4 Å². The lowest BCUT2D eigenvalue weighted by atomic mass is 10.2. The number of urea groups is 1. The molecular weight excluding hydrogens is 303 g/mol. The third-order valence-electron chi connectivity index (χ3n) is 3.03. The van der Waals surface area contributed by atoms with Gasteiger partial charge in [-0.1, -0.05) is 13.8 Å². The summed E-state index contributed by atoms with van der Waals surface area (Å²) in [6.07, 6.45) is 1.15. The fourth-order valence-electron chi connectivity index (χ4n) is 1.91. The molecule has 0 aliphatic heterocycles. The van der Waals surface area contributed by atoms with Gasteiger partial charge in [0.2, 0.25) is 5.91 Å². The van der Waals surface area contributed by atoms with Crippen molar-refractivity contribution in [3.63, 3.8) is 0 Å². The summed E-state index contributed by atoms with van der Waals surface area (Å²) < 4.78 is 14.2. The van der Waals surface area contributed by atoms with Crippen molar-refractivity contribution in [3.8, 4) is 0 Å². The number of aromatic nitrogens is 2. The average molecular weight is 320 g/mol. The minimum absolute atomic E-state index is 0.200. The van der Waals surface area contributed by atoms with E-state index in [0.717, 1.165) is 23.0 Å². The van der Waals surface area contributed by atoms with Crippen molar-refractivity contribution in [1.82, 2.24) is 20.2 Å². The SMILES string of the molecule is CC(C)CNC(=O)NC(=O)Cn1cnc2cc(F)ccc2c1=O. The van der Waals surface area contributed by atoms with Crippen LogP contribution in [-0.4, -0.2) is 28.0 Å². The minimum Gasteiger partial charge on any atom is -0.338 e. The molecular formula is C15H17FN4O3. The lowest BCUT2D eigenvalue weighted by Gasteiger charge is -2.09. The molecule has 2 rings (SSSR count). The van der Waals surface area contributed by atoms with Crippen molar-refractivity contribution in [1.29, 1.82) is 0 Å². The molecule has 0 unspecified atom stereocenters. The van der Waals surface area contributed by atoms with Gasteiger partial charge in [-0.15, -0.1) is 0 Å². The van der Waals surface area contributed by atoms with Gasteiger partial charge in [-0.25, -0.2) is 14.2 Å². The number of carbonyl (C=O) groups excluding carboxylic acids is 2. The molecule has 7 nitrogen and oxygen atoms in total. The fraction of sp³-hybridized carbons (Fsp3) is 0.333. The number of benzene rings is 1. The third-order valence-corrected chi connectivity index (χ3v) is 3.03. The molecule has 0 spiro atoms. The first-order valence-corrected chi connectivity index (χ1v) is 7.09. The number of imide groups is 1. The first-order valence-electron chi connectivity index (χ1n) is 7.09. The first-order chi connectivity index (χ1) is 10.9. The summed E-state index contributed by atoms with van der Waals surface area (Å²) in [6, 6.07) is 2.98. The summed E-state index contributed by atoms with van der Waals surface area (Å²) >= 11 is 0. The monoisotopic (exact) mass is 320 g/mol. The molecule has 0 aliphatic rings. The maximum atomic E-state index is 13.1. The van der Waals surface area contributed by atoms with E-state index in [2.05, 4.69) is 15.6 Å². The van der Waals surface area contributed by atoms with Gasteiger partial charge < -0.3 is 5.32 Å². The van der Waals surface area contributed by atoms with Gasteiger partial charge in [-0.3, -0.25) is 19.5 Å². The molecule has 3 amide bonds. The zero-order chi connectivity index (χ0) is 17.0. The molecule has 0 bridgehead atoms. The van der Waals surface area contributed by atoms with Crippen LogP contribution in [-0.2, 0) is 11.3 Å². The number of hydrogen-bond acceptors (Lipinski definition) is 4. The highest BCUT2D eigenvalue weighted by Crippen LogP contribution is 2.08. The Hall–Kier alpha value is -2.77. The quantitative estimate of drug-likeness (QED) is 0.879. The Labute approximate surface area is 131 Å². The summed E-state index contributed by atoms with van der Waals surface area (Å²) in [6.45, 7) is 3.92. The topological polar surface area (TPSA) is 93.1 Å². The summed E-state index contributed by atoms with van der Waals surface area (Å²) in [7, 11) is 0. The number of fused-ring (bicyclic) bond motifs is 1. The normalized spacial score (nSPS) is 10.8. The second kappa shape index (κ2) is 6.99. The molecule has 0 atom stereocenters. The van der Waals surface area contributed by atoms with Crippen molar-refractivity contribution in [2.24, 2.45) is 5.92 Å². The molecule has 0 aliphatic carbocycles. The van der Waals surface area contributed by atoms with Crippen molar-refractivity contribution in [3.05, 3.63) is 40.7 Å². The van der Waals surface area contributed by atoms with E-state index in [9.17, 15) is 18.8 Å². The molecule has 122 valence electrons. The van der Waals surface area contributed by atoms with Gasteiger partial charge in [-0.2, -0.15) is 0 Å². The number of amides is 3. The molecule has 2 aromatic rings. The minimum atomic E-state index is -0.642. The van der Waals surface area contributed by atoms with Gasteiger partial charge in [0.15, 0.2) is 0 Å². The van der Waals surface area contributed by atoms with Crippen molar-refractivity contribution < 1.29 is 14.0 Å². The van der Waals surface area contributed by atoms with E-state index < -0.39 is 23.3 Å². The van der Waals surface area contributed by atoms with E-state index in [1.54, 1.807) is 0 Å². The highest BCUT2D eigenvalue weighted by Gasteiger charge is 2.11. The Balaban J connectivity index is 2.08. The van der Waals surface area contributed by atoms with Crippen LogP contribution < -0.4 is 16.2 Å². The molecule has 1 aromatic carbocycles. The van der Waals surface area contributed by atoms with Crippen molar-refractivity contribution in [2.45, 2.75) is 20.4 Å². The van der Waals surface area contributed by atoms with Gasteiger partial charge in [0.05, 0.1) is 17.2 Å². The number of hydrogen-bond donors (Lipinski definition) is 2. The molecule has 8 heteroatoms. The van der Waals surface area contributed by atoms with Gasteiger partial charge >= 0.3 is 6.03 Å². The largest absolute Gasteiger partial charge is 0.338 e. The number of halogens is 1. The van der Waals surface area contributed by atoms with Crippen LogP contribution in [0.5, 0.6) is 0 Å². The van der Waals surface area contributed by atoms with E-state index >= 15 is 0 Å². The fourth-order valence-corrected chi connectivity index (χ4v) is 1.91. The number of carbonyl (C=O) groups is 2. The van der Waals surface area contributed by atoms with Crippen LogP contribution in [0.25, 0.3) is 10.9 Å². The summed E-state index contributed by atoms with van der Waals surface area (Å²) in [5.74, 6) is -0.887. The van der Waals surface area contributed by atoms with Crippen LogP contribution in [0.4, 0.5) is 9.18 Å². The molecule has 0 radical (unpaired) electrons. The second-order valence-corrected chi connectivity index (χ2v) is 5.49.